The van der Waals surface area contributed by atoms with E-state index in [2.05, 4.69) is 44.4 Å². The first-order chi connectivity index (χ1) is 8.04. The first-order valence-corrected chi connectivity index (χ1v) is 6.13. The summed E-state index contributed by atoms with van der Waals surface area (Å²) in [7, 11) is 0. The lowest BCUT2D eigenvalue weighted by molar-refractivity contribution is -0.121. The molecule has 94 valence electrons. The Morgan fingerprint density at radius 2 is 2.12 bits per heavy atom. The highest BCUT2D eigenvalue weighted by Gasteiger charge is 2.05. The molecular weight excluding hydrogens is 212 g/mol. The van der Waals surface area contributed by atoms with Gasteiger partial charge in [-0.25, -0.2) is 5.84 Å². The lowest BCUT2D eigenvalue weighted by Gasteiger charge is -2.11. The Bertz CT molecular complexity index is 386. The van der Waals surface area contributed by atoms with Crippen LogP contribution in [0.1, 0.15) is 49.3 Å². The van der Waals surface area contributed by atoms with Crippen LogP contribution in [0, 0.1) is 6.92 Å². The molecule has 0 heterocycles. The van der Waals surface area contributed by atoms with Gasteiger partial charge < -0.3 is 0 Å². The normalized spacial score (nSPS) is 10.6. The molecule has 0 radical (unpaired) electrons. The first kappa shape index (κ1) is 13.7. The maximum absolute atomic E-state index is 11.0. The smallest absolute Gasteiger partial charge is 0.233 e. The van der Waals surface area contributed by atoms with Crippen LogP contribution in [-0.4, -0.2) is 5.91 Å². The summed E-state index contributed by atoms with van der Waals surface area (Å²) in [5.41, 5.74) is 6.14. The maximum atomic E-state index is 11.0. The van der Waals surface area contributed by atoms with E-state index in [1.807, 2.05) is 0 Å². The number of hydrogen-bond donors (Lipinski definition) is 2. The standard InChI is InChI=1S/C14H22N2O/c1-10(2)12-8-7-11(3)13(9-12)5-4-6-14(17)16-15/h7-10H,4-6,15H2,1-3H3,(H,16,17). The lowest BCUT2D eigenvalue weighted by Crippen LogP contribution is -2.29. The van der Waals surface area contributed by atoms with Crippen molar-refractivity contribution in [3.05, 3.63) is 34.9 Å². The van der Waals surface area contributed by atoms with Crippen LogP contribution >= 0.6 is 0 Å². The van der Waals surface area contributed by atoms with E-state index in [1.165, 1.54) is 16.7 Å². The second kappa shape index (κ2) is 6.40. The molecule has 0 aromatic heterocycles. The number of hydrogen-bond acceptors (Lipinski definition) is 2. The van der Waals surface area contributed by atoms with Crippen molar-refractivity contribution in [3.8, 4) is 0 Å². The monoisotopic (exact) mass is 234 g/mol. The Morgan fingerprint density at radius 1 is 1.41 bits per heavy atom. The first-order valence-electron chi connectivity index (χ1n) is 6.13. The van der Waals surface area contributed by atoms with Crippen LogP contribution in [0.2, 0.25) is 0 Å². The molecular formula is C14H22N2O. The van der Waals surface area contributed by atoms with Crippen molar-refractivity contribution in [2.45, 2.75) is 46.0 Å². The van der Waals surface area contributed by atoms with Crippen LogP contribution in [-0.2, 0) is 11.2 Å². The minimum absolute atomic E-state index is 0.0948. The number of carbonyl (C=O) groups is 1. The Labute approximate surface area is 103 Å². The van der Waals surface area contributed by atoms with Gasteiger partial charge in [-0.1, -0.05) is 32.0 Å². The van der Waals surface area contributed by atoms with E-state index >= 15 is 0 Å². The van der Waals surface area contributed by atoms with E-state index in [9.17, 15) is 4.79 Å². The van der Waals surface area contributed by atoms with E-state index in [-0.39, 0.29) is 5.91 Å². The Balaban J connectivity index is 2.63. The molecule has 0 atom stereocenters. The highest BCUT2D eigenvalue weighted by atomic mass is 16.2. The molecule has 0 saturated heterocycles. The summed E-state index contributed by atoms with van der Waals surface area (Å²) in [6.45, 7) is 6.50. The van der Waals surface area contributed by atoms with Gasteiger partial charge in [-0.15, -0.1) is 0 Å². The largest absolute Gasteiger partial charge is 0.294 e. The number of hydrazine groups is 1. The summed E-state index contributed by atoms with van der Waals surface area (Å²) in [6.07, 6.45) is 2.26. The van der Waals surface area contributed by atoms with E-state index in [1.54, 1.807) is 0 Å². The number of aryl methyl sites for hydroxylation is 2. The molecule has 1 aromatic carbocycles. The summed E-state index contributed by atoms with van der Waals surface area (Å²) in [6, 6.07) is 6.59. The molecule has 3 nitrogen and oxygen atoms in total. The van der Waals surface area contributed by atoms with Crippen molar-refractivity contribution in [3.63, 3.8) is 0 Å². The van der Waals surface area contributed by atoms with Gasteiger partial charge in [0.2, 0.25) is 5.91 Å². The molecule has 3 N–H and O–H groups in total. The van der Waals surface area contributed by atoms with E-state index in [4.69, 9.17) is 5.84 Å². The molecule has 0 unspecified atom stereocenters. The third-order valence-corrected chi connectivity index (χ3v) is 3.05. The third-order valence-electron chi connectivity index (χ3n) is 3.05. The third kappa shape index (κ3) is 4.19. The lowest BCUT2D eigenvalue weighted by atomic mass is 9.95. The molecule has 0 aliphatic heterocycles. The second-order valence-corrected chi connectivity index (χ2v) is 4.76. The van der Waals surface area contributed by atoms with Crippen LogP contribution < -0.4 is 11.3 Å². The van der Waals surface area contributed by atoms with Crippen molar-refractivity contribution in [1.29, 1.82) is 0 Å². The molecule has 0 saturated carbocycles. The predicted octanol–water partition coefficient (Wildman–Crippen LogP) is 2.43. The highest BCUT2D eigenvalue weighted by Crippen LogP contribution is 2.19. The minimum atomic E-state index is -0.0948. The van der Waals surface area contributed by atoms with Gasteiger partial charge in [0.1, 0.15) is 0 Å². The fraction of sp³-hybridized carbons (Fsp3) is 0.500. The number of nitrogens with two attached hydrogens (primary N) is 1. The molecule has 1 amide bonds. The zero-order valence-corrected chi connectivity index (χ0v) is 10.9. The Hall–Kier alpha value is -1.35. The van der Waals surface area contributed by atoms with Crippen LogP contribution in [0.4, 0.5) is 0 Å². The van der Waals surface area contributed by atoms with Crippen LogP contribution in [0.15, 0.2) is 18.2 Å². The topological polar surface area (TPSA) is 55.1 Å². The molecule has 0 spiro atoms. The molecule has 1 aromatic rings. The number of rotatable bonds is 5. The minimum Gasteiger partial charge on any atom is -0.294 e. The maximum Gasteiger partial charge on any atom is 0.233 e. The van der Waals surface area contributed by atoms with Gasteiger partial charge in [-0.2, -0.15) is 0 Å². The van der Waals surface area contributed by atoms with Gasteiger partial charge >= 0.3 is 0 Å². The second-order valence-electron chi connectivity index (χ2n) is 4.76. The van der Waals surface area contributed by atoms with Gasteiger partial charge in [0.05, 0.1) is 0 Å². The van der Waals surface area contributed by atoms with Gasteiger partial charge in [0.25, 0.3) is 0 Å². The summed E-state index contributed by atoms with van der Waals surface area (Å²) in [5.74, 6) is 5.49. The van der Waals surface area contributed by atoms with Crippen molar-refractivity contribution in [2.75, 3.05) is 0 Å². The molecule has 0 aliphatic rings. The Morgan fingerprint density at radius 3 is 2.71 bits per heavy atom. The van der Waals surface area contributed by atoms with Crippen LogP contribution in [0.25, 0.3) is 0 Å². The summed E-state index contributed by atoms with van der Waals surface area (Å²) in [5, 5.41) is 0. The molecule has 17 heavy (non-hydrogen) atoms. The number of benzene rings is 1. The highest BCUT2D eigenvalue weighted by molar-refractivity contribution is 5.75. The Kier molecular flexibility index (Phi) is 5.16. The quantitative estimate of drug-likeness (QED) is 0.467. The average molecular weight is 234 g/mol. The van der Waals surface area contributed by atoms with Gasteiger partial charge in [0.15, 0.2) is 0 Å². The van der Waals surface area contributed by atoms with Crippen LogP contribution in [0.5, 0.6) is 0 Å². The predicted molar refractivity (Wildman–Crippen MR) is 70.5 cm³/mol. The summed E-state index contributed by atoms with van der Waals surface area (Å²) in [4.78, 5) is 11.0. The van der Waals surface area contributed by atoms with Crippen molar-refractivity contribution >= 4 is 5.91 Å². The van der Waals surface area contributed by atoms with E-state index in [0.717, 1.165) is 12.8 Å². The zero-order valence-electron chi connectivity index (χ0n) is 10.9. The zero-order chi connectivity index (χ0) is 12.8. The van der Waals surface area contributed by atoms with Crippen molar-refractivity contribution < 1.29 is 4.79 Å². The van der Waals surface area contributed by atoms with E-state index < -0.39 is 0 Å². The molecule has 1 rings (SSSR count). The molecule has 0 bridgehead atoms. The summed E-state index contributed by atoms with van der Waals surface area (Å²) >= 11 is 0. The molecule has 3 heteroatoms. The van der Waals surface area contributed by atoms with Crippen LogP contribution in [0.3, 0.4) is 0 Å². The number of nitrogens with one attached hydrogen (secondary N) is 1. The van der Waals surface area contributed by atoms with Gasteiger partial charge in [-0.05, 0) is 42.4 Å². The fourth-order valence-electron chi connectivity index (χ4n) is 1.83. The van der Waals surface area contributed by atoms with Crippen molar-refractivity contribution in [2.24, 2.45) is 5.84 Å². The van der Waals surface area contributed by atoms with Gasteiger partial charge in [-0.3, -0.25) is 10.2 Å². The number of amides is 1. The fourth-order valence-corrected chi connectivity index (χ4v) is 1.83. The van der Waals surface area contributed by atoms with E-state index in [0.29, 0.717) is 12.3 Å². The molecule has 0 fully saturated rings. The summed E-state index contributed by atoms with van der Waals surface area (Å²) < 4.78 is 0. The SMILES string of the molecule is Cc1ccc(C(C)C)cc1CCCC(=O)NN. The average Bonchev–Trinajstić information content (AvgIpc) is 2.30. The van der Waals surface area contributed by atoms with Crippen molar-refractivity contribution in [1.82, 2.24) is 5.43 Å². The van der Waals surface area contributed by atoms with Gasteiger partial charge in [0, 0.05) is 6.42 Å². The number of carbonyl (C=O) groups excluding carboxylic acids is 1. The molecule has 0 aliphatic carbocycles.